The number of hydrogen-bond acceptors (Lipinski definition) is 6. The van der Waals surface area contributed by atoms with Gasteiger partial charge in [0.15, 0.2) is 5.69 Å². The zero-order valence-electron chi connectivity index (χ0n) is 20.1. The first kappa shape index (κ1) is 26.1. The van der Waals surface area contributed by atoms with Crippen LogP contribution in [0.3, 0.4) is 0 Å². The van der Waals surface area contributed by atoms with Crippen LogP contribution in [-0.4, -0.2) is 44.4 Å². The van der Waals surface area contributed by atoms with Gasteiger partial charge in [0.2, 0.25) is 5.91 Å². The van der Waals surface area contributed by atoms with Crippen LogP contribution in [0.15, 0.2) is 40.9 Å². The van der Waals surface area contributed by atoms with Gasteiger partial charge in [-0.15, -0.1) is 0 Å². The summed E-state index contributed by atoms with van der Waals surface area (Å²) in [7, 11) is 0. The van der Waals surface area contributed by atoms with Crippen molar-refractivity contribution in [1.82, 2.24) is 19.7 Å². The minimum atomic E-state index is -4.53. The van der Waals surface area contributed by atoms with Crippen molar-refractivity contribution in [2.24, 2.45) is 5.16 Å². The van der Waals surface area contributed by atoms with Crippen molar-refractivity contribution in [3.63, 3.8) is 0 Å². The second-order valence-corrected chi connectivity index (χ2v) is 11.3. The zero-order valence-corrected chi connectivity index (χ0v) is 24.1. The summed E-state index contributed by atoms with van der Waals surface area (Å²) in [6.07, 6.45) is -2.41. The average molecular weight is 698 g/mol. The Hall–Kier alpha value is -2.47. The molecule has 0 saturated carbocycles. The Morgan fingerprint density at radius 3 is 2.70 bits per heavy atom. The predicted octanol–water partition coefficient (Wildman–Crippen LogP) is 4.99. The quantitative estimate of drug-likeness (QED) is 0.365. The maximum atomic E-state index is 12.9. The number of aromatic nitrogens is 3. The molecule has 194 valence electrons. The maximum absolute atomic E-state index is 12.9. The number of alkyl halides is 3. The Labute approximate surface area is 228 Å². The fourth-order valence-electron chi connectivity index (χ4n) is 4.71. The number of likely N-dealkylation sites (tertiary alicyclic amines) is 1. The summed E-state index contributed by atoms with van der Waals surface area (Å²) < 4.78 is 40.9. The van der Waals surface area contributed by atoms with Gasteiger partial charge in [0.1, 0.15) is 6.54 Å². The van der Waals surface area contributed by atoms with Gasteiger partial charge in [0.25, 0.3) is 0 Å². The normalized spacial score (nSPS) is 18.6. The standard InChI is InChI=1S/C25H25F3N5O2S.Ta/c1-15-5-3-4-6-18(15)21-12-19(31-35-21)20-14-36-24(29-20)17-7-9-32(10-8-17)23(34)13-33-16(2)11-22(30-33)25(26,27)28;/h3-6,11,14,17,21H,1,7-10,12-13H2,2H3;. The summed E-state index contributed by atoms with van der Waals surface area (Å²) in [4.78, 5) is 25.1. The van der Waals surface area contributed by atoms with Crippen LogP contribution in [-0.2, 0) is 48.1 Å². The van der Waals surface area contributed by atoms with Crippen LogP contribution < -0.4 is 0 Å². The van der Waals surface area contributed by atoms with E-state index in [1.165, 1.54) is 39.1 Å². The number of carbonyl (C=O) groups excluding carboxylic acids is 1. The van der Waals surface area contributed by atoms with Crippen molar-refractivity contribution >= 4 is 23.0 Å². The summed E-state index contributed by atoms with van der Waals surface area (Å²) in [5.41, 5.74) is 3.53. The zero-order chi connectivity index (χ0) is 26.2. The van der Waals surface area contributed by atoms with E-state index in [1.807, 2.05) is 11.4 Å². The number of thiazole rings is 1. The predicted molar refractivity (Wildman–Crippen MR) is 128 cm³/mol. The number of benzene rings is 1. The average Bonchev–Trinajstić information content (AvgIpc) is 3.64. The molecule has 0 radical (unpaired) electrons. The van der Waals surface area contributed by atoms with Crippen molar-refractivity contribution in [3.05, 3.63) is 68.9 Å². The second kappa shape index (κ2) is 10.7. The molecule has 3 aromatic rings. The number of hydrogen-bond donors (Lipinski definition) is 0. The van der Waals surface area contributed by atoms with Crippen LogP contribution in [0.1, 0.15) is 64.5 Å². The van der Waals surface area contributed by atoms with Gasteiger partial charge in [-0.25, -0.2) is 0 Å². The van der Waals surface area contributed by atoms with Gasteiger partial charge in [-0.05, 0) is 13.0 Å². The van der Waals surface area contributed by atoms with E-state index in [9.17, 15) is 18.0 Å². The Kier molecular flexibility index (Phi) is 7.58. The van der Waals surface area contributed by atoms with Gasteiger partial charge < -0.3 is 4.90 Å². The van der Waals surface area contributed by atoms with Gasteiger partial charge in [-0.1, -0.05) is 0 Å². The summed E-state index contributed by atoms with van der Waals surface area (Å²) in [6.45, 7) is 2.40. The third kappa shape index (κ3) is 5.69. The Balaban J connectivity index is 1.16. The molecular weight excluding hydrogens is 672 g/mol. The molecule has 12 heteroatoms. The van der Waals surface area contributed by atoms with E-state index in [0.717, 1.165) is 44.6 Å². The van der Waals surface area contributed by atoms with Crippen LogP contribution in [0.25, 0.3) is 0 Å². The van der Waals surface area contributed by atoms with E-state index in [0.29, 0.717) is 25.2 Å². The molecule has 0 bridgehead atoms. The molecule has 1 amide bonds. The fourth-order valence-corrected chi connectivity index (χ4v) is 6.74. The first-order valence-corrected chi connectivity index (χ1v) is 15.1. The minimum absolute atomic E-state index is 0.0830. The van der Waals surface area contributed by atoms with Crippen LogP contribution in [0, 0.1) is 6.92 Å². The van der Waals surface area contributed by atoms with Crippen LogP contribution >= 0.6 is 11.3 Å². The van der Waals surface area contributed by atoms with E-state index in [4.69, 9.17) is 9.82 Å². The van der Waals surface area contributed by atoms with Gasteiger partial charge in [-0.3, -0.25) is 9.48 Å². The van der Waals surface area contributed by atoms with E-state index in [2.05, 4.69) is 28.5 Å². The third-order valence-corrected chi connectivity index (χ3v) is 9.04. The molecule has 1 atom stereocenters. The molecular formula is C25H25F3N5O2STa. The monoisotopic (exact) mass is 697 g/mol. The molecule has 0 spiro atoms. The third-order valence-electron chi connectivity index (χ3n) is 6.81. The molecule has 1 unspecified atom stereocenters. The van der Waals surface area contributed by atoms with Crippen LogP contribution in [0.5, 0.6) is 0 Å². The molecule has 2 aliphatic heterocycles. The number of halogens is 3. The number of carbonyl (C=O) groups is 1. The van der Waals surface area contributed by atoms with Crippen LogP contribution in [0.4, 0.5) is 13.2 Å². The van der Waals surface area contributed by atoms with Crippen molar-refractivity contribution in [2.45, 2.75) is 55.6 Å². The Morgan fingerprint density at radius 1 is 1.24 bits per heavy atom. The molecule has 2 aromatic heterocycles. The number of rotatable bonds is 6. The topological polar surface area (TPSA) is 72.6 Å². The van der Waals surface area contributed by atoms with E-state index in [1.54, 1.807) is 16.2 Å². The summed E-state index contributed by atoms with van der Waals surface area (Å²) in [5, 5.41) is 10.9. The Bertz CT molecular complexity index is 1310. The van der Waals surface area contributed by atoms with Crippen molar-refractivity contribution < 1.29 is 43.9 Å². The molecule has 0 N–H and O–H groups in total. The van der Waals surface area contributed by atoms with Gasteiger partial charge in [-0.2, -0.15) is 18.3 Å². The second-order valence-electron chi connectivity index (χ2n) is 9.25. The Morgan fingerprint density at radius 2 is 2.00 bits per heavy atom. The number of piperidine rings is 1. The van der Waals surface area contributed by atoms with E-state index in [-0.39, 0.29) is 24.5 Å². The van der Waals surface area contributed by atoms with Crippen molar-refractivity contribution in [2.75, 3.05) is 13.1 Å². The van der Waals surface area contributed by atoms with Gasteiger partial charge in [0.05, 0.1) is 0 Å². The van der Waals surface area contributed by atoms with Crippen molar-refractivity contribution in [1.29, 1.82) is 0 Å². The first-order valence-electron chi connectivity index (χ1n) is 12.0. The van der Waals surface area contributed by atoms with Gasteiger partial charge >= 0.3 is 160 Å². The fraction of sp³-hybridized carbons (Fsp3) is 0.440. The number of nitrogens with zero attached hydrogens (tertiary/aromatic N) is 5. The molecule has 37 heavy (non-hydrogen) atoms. The molecule has 1 fully saturated rings. The number of aryl methyl sites for hydroxylation is 1. The van der Waals surface area contributed by atoms with Crippen LogP contribution in [0.2, 0.25) is 0 Å². The summed E-state index contributed by atoms with van der Waals surface area (Å²) in [6, 6.07) is 9.30. The van der Waals surface area contributed by atoms with Crippen molar-refractivity contribution in [3.8, 4) is 0 Å². The summed E-state index contributed by atoms with van der Waals surface area (Å²) in [5.74, 6) is 0.00534. The number of oxime groups is 1. The molecule has 4 heterocycles. The molecule has 0 aliphatic carbocycles. The number of amides is 1. The SMILES string of the molecule is Cc1cc(C(F)(F)F)nn1CC(=O)N1CCC(c2nc(C3=NOC(c4ccccc4[CH2][Ta])C3)cs2)CC1. The van der Waals surface area contributed by atoms with E-state index >= 15 is 0 Å². The molecule has 1 saturated heterocycles. The molecule has 7 nitrogen and oxygen atoms in total. The molecule has 1 aromatic carbocycles. The summed E-state index contributed by atoms with van der Waals surface area (Å²) >= 11 is 2.90. The van der Waals surface area contributed by atoms with Gasteiger partial charge in [0, 0.05) is 5.69 Å². The molecule has 5 rings (SSSR count). The molecule has 2 aliphatic rings. The van der Waals surface area contributed by atoms with E-state index < -0.39 is 11.9 Å². The first-order chi connectivity index (χ1) is 17.7.